The van der Waals surface area contributed by atoms with Crippen LogP contribution < -0.4 is 14.5 Å². The summed E-state index contributed by atoms with van der Waals surface area (Å²) in [6, 6.07) is 4.45. The normalized spacial score (nSPS) is 17.3. The van der Waals surface area contributed by atoms with E-state index in [1.807, 2.05) is 4.90 Å². The van der Waals surface area contributed by atoms with Crippen LogP contribution in [0.2, 0.25) is 0 Å². The molecular weight excluding hydrogens is 386 g/mol. The number of anilines is 2. The number of amides is 1. The van der Waals surface area contributed by atoms with Gasteiger partial charge in [0.2, 0.25) is 10.0 Å². The maximum atomic E-state index is 11.9. The summed E-state index contributed by atoms with van der Waals surface area (Å²) in [4.78, 5) is 25.4. The predicted molar refractivity (Wildman–Crippen MR) is 107 cm³/mol. The fraction of sp³-hybridized carbons (Fsp3) is 0.556. The van der Waals surface area contributed by atoms with Crippen LogP contribution in [0.1, 0.15) is 37.6 Å². The monoisotopic (exact) mass is 413 g/mol. The summed E-state index contributed by atoms with van der Waals surface area (Å²) >= 11 is 0. The highest BCUT2D eigenvalue weighted by Gasteiger charge is 2.28. The number of ether oxygens (including phenoxy) is 1. The molecule has 1 aromatic carbocycles. The number of carbonyl (C=O) groups is 2. The highest BCUT2D eigenvalue weighted by Crippen LogP contribution is 2.30. The van der Waals surface area contributed by atoms with Crippen molar-refractivity contribution in [1.82, 2.24) is 5.32 Å². The van der Waals surface area contributed by atoms with Crippen LogP contribution in [-0.4, -0.2) is 63.6 Å². The maximum Gasteiger partial charge on any atom is 0.407 e. The summed E-state index contributed by atoms with van der Waals surface area (Å²) in [5.41, 5.74) is 0.0968. The lowest BCUT2D eigenvalue weighted by Gasteiger charge is -2.24. The largest absolute Gasteiger partial charge is 0.478 e. The molecule has 10 heteroatoms. The van der Waals surface area contributed by atoms with Gasteiger partial charge in [-0.3, -0.25) is 4.31 Å². The van der Waals surface area contributed by atoms with E-state index < -0.39 is 27.7 Å². The van der Waals surface area contributed by atoms with Crippen LogP contribution in [0.25, 0.3) is 0 Å². The number of alkyl carbamates (subject to hydrolysis) is 1. The Morgan fingerprint density at radius 3 is 2.50 bits per heavy atom. The second-order valence-corrected chi connectivity index (χ2v) is 9.83. The molecular formula is C18H27N3O6S. The van der Waals surface area contributed by atoms with E-state index in [0.717, 1.165) is 10.6 Å². The van der Waals surface area contributed by atoms with E-state index in [4.69, 9.17) is 4.74 Å². The number of rotatable bonds is 5. The number of carbonyl (C=O) groups excluding carboxylic acids is 1. The topological polar surface area (TPSA) is 116 Å². The third-order valence-electron chi connectivity index (χ3n) is 4.32. The molecule has 2 N–H and O–H groups in total. The molecule has 9 nitrogen and oxygen atoms in total. The van der Waals surface area contributed by atoms with E-state index in [-0.39, 0.29) is 17.3 Å². The Morgan fingerprint density at radius 1 is 1.32 bits per heavy atom. The molecule has 0 bridgehead atoms. The number of nitrogens with zero attached hydrogens (tertiary/aromatic N) is 2. The molecule has 0 saturated carbocycles. The molecule has 28 heavy (non-hydrogen) atoms. The SMILES string of the molecule is CN(c1cc(N2CC[C@@H](NC(=O)OC(C)(C)C)C2)ccc1C(=O)O)S(C)(=O)=O. The molecule has 0 spiro atoms. The van der Waals surface area contributed by atoms with Gasteiger partial charge in [0.05, 0.1) is 23.5 Å². The first-order valence-corrected chi connectivity index (χ1v) is 10.7. The quantitative estimate of drug-likeness (QED) is 0.757. The second-order valence-electron chi connectivity index (χ2n) is 7.81. The van der Waals surface area contributed by atoms with Crippen molar-refractivity contribution in [2.75, 3.05) is 35.6 Å². The summed E-state index contributed by atoms with van der Waals surface area (Å²) < 4.78 is 30.0. The van der Waals surface area contributed by atoms with Gasteiger partial charge >= 0.3 is 12.1 Å². The van der Waals surface area contributed by atoms with E-state index in [9.17, 15) is 23.1 Å². The van der Waals surface area contributed by atoms with Gasteiger partial charge in [-0.25, -0.2) is 18.0 Å². The minimum Gasteiger partial charge on any atom is -0.478 e. The lowest BCUT2D eigenvalue weighted by Crippen LogP contribution is -2.40. The third-order valence-corrected chi connectivity index (χ3v) is 5.51. The lowest BCUT2D eigenvalue weighted by atomic mass is 10.1. The molecule has 0 aliphatic carbocycles. The van der Waals surface area contributed by atoms with Crippen LogP contribution in [0.3, 0.4) is 0 Å². The number of benzene rings is 1. The molecule has 0 aromatic heterocycles. The molecule has 1 aromatic rings. The van der Waals surface area contributed by atoms with Crippen LogP contribution in [0.15, 0.2) is 18.2 Å². The number of nitrogens with one attached hydrogen (secondary N) is 1. The molecule has 1 fully saturated rings. The second kappa shape index (κ2) is 7.86. The first-order valence-electron chi connectivity index (χ1n) is 8.83. The van der Waals surface area contributed by atoms with E-state index in [0.29, 0.717) is 25.2 Å². The Hall–Kier alpha value is -2.49. The number of hydrogen-bond acceptors (Lipinski definition) is 6. The fourth-order valence-corrected chi connectivity index (χ4v) is 3.43. The number of sulfonamides is 1. The van der Waals surface area contributed by atoms with Gasteiger partial charge in [-0.15, -0.1) is 0 Å². The van der Waals surface area contributed by atoms with Gasteiger partial charge in [-0.05, 0) is 45.4 Å². The van der Waals surface area contributed by atoms with Gasteiger partial charge in [0, 0.05) is 25.8 Å². The smallest absolute Gasteiger partial charge is 0.407 e. The Bertz CT molecular complexity index is 863. The van der Waals surface area contributed by atoms with Gasteiger partial charge in [0.15, 0.2) is 0 Å². The highest BCUT2D eigenvalue weighted by molar-refractivity contribution is 7.92. The van der Waals surface area contributed by atoms with Gasteiger partial charge in [-0.2, -0.15) is 0 Å². The third kappa shape index (κ3) is 5.51. The summed E-state index contributed by atoms with van der Waals surface area (Å²) in [7, 11) is -2.30. The minimum atomic E-state index is -3.62. The Balaban J connectivity index is 2.18. The zero-order chi connectivity index (χ0) is 21.3. The minimum absolute atomic E-state index is 0.0936. The summed E-state index contributed by atoms with van der Waals surface area (Å²) in [5, 5.41) is 12.2. The molecule has 1 atom stereocenters. The zero-order valence-corrected chi connectivity index (χ0v) is 17.5. The summed E-state index contributed by atoms with van der Waals surface area (Å²) in [6.45, 7) is 6.51. The molecule has 0 radical (unpaired) electrons. The van der Waals surface area contributed by atoms with E-state index in [1.165, 1.54) is 13.1 Å². The molecule has 1 aliphatic rings. The van der Waals surface area contributed by atoms with Crippen molar-refractivity contribution in [3.63, 3.8) is 0 Å². The molecule has 2 rings (SSSR count). The standard InChI is InChI=1S/C18H27N3O6S/c1-18(2,3)27-17(24)19-12-8-9-21(11-12)13-6-7-14(16(22)23)15(10-13)20(4)28(5,25)26/h6-7,10,12H,8-9,11H2,1-5H3,(H,19,24)(H,22,23)/t12-/m1/s1. The van der Waals surface area contributed by atoms with Crippen molar-refractivity contribution in [3.05, 3.63) is 23.8 Å². The van der Waals surface area contributed by atoms with Crippen molar-refractivity contribution in [3.8, 4) is 0 Å². The Kier molecular flexibility index (Phi) is 6.12. The molecule has 1 aliphatic heterocycles. The first kappa shape index (κ1) is 21.8. The van der Waals surface area contributed by atoms with Crippen molar-refractivity contribution < 1.29 is 27.9 Å². The molecule has 0 unspecified atom stereocenters. The van der Waals surface area contributed by atoms with Gasteiger partial charge in [0.25, 0.3) is 0 Å². The van der Waals surface area contributed by atoms with Gasteiger partial charge in [0.1, 0.15) is 5.60 Å². The molecule has 1 amide bonds. The Morgan fingerprint density at radius 2 is 1.96 bits per heavy atom. The van der Waals surface area contributed by atoms with Crippen molar-refractivity contribution in [2.45, 2.75) is 38.8 Å². The fourth-order valence-electron chi connectivity index (χ4n) is 2.92. The number of hydrogen-bond donors (Lipinski definition) is 2. The van der Waals surface area contributed by atoms with Crippen LogP contribution in [0.4, 0.5) is 16.2 Å². The average Bonchev–Trinajstić information content (AvgIpc) is 2.99. The highest BCUT2D eigenvalue weighted by atomic mass is 32.2. The number of carboxylic acid groups (broad SMARTS) is 1. The summed E-state index contributed by atoms with van der Waals surface area (Å²) in [6.07, 6.45) is 1.22. The van der Waals surface area contributed by atoms with Crippen molar-refractivity contribution >= 4 is 33.5 Å². The molecule has 1 heterocycles. The van der Waals surface area contributed by atoms with E-state index >= 15 is 0 Å². The van der Waals surface area contributed by atoms with Gasteiger partial charge in [-0.1, -0.05) is 0 Å². The maximum absolute atomic E-state index is 11.9. The predicted octanol–water partition coefficient (Wildman–Crippen LogP) is 1.88. The van der Waals surface area contributed by atoms with E-state index in [1.54, 1.807) is 32.9 Å². The van der Waals surface area contributed by atoms with Crippen LogP contribution >= 0.6 is 0 Å². The van der Waals surface area contributed by atoms with E-state index in [2.05, 4.69) is 5.32 Å². The average molecular weight is 413 g/mol. The van der Waals surface area contributed by atoms with Crippen LogP contribution in [-0.2, 0) is 14.8 Å². The lowest BCUT2D eigenvalue weighted by molar-refractivity contribution is 0.0508. The molecule has 1 saturated heterocycles. The number of carboxylic acids is 1. The Labute approximate surface area is 165 Å². The van der Waals surface area contributed by atoms with Crippen LogP contribution in [0.5, 0.6) is 0 Å². The van der Waals surface area contributed by atoms with Gasteiger partial charge < -0.3 is 20.1 Å². The van der Waals surface area contributed by atoms with Crippen molar-refractivity contribution in [1.29, 1.82) is 0 Å². The van der Waals surface area contributed by atoms with Crippen LogP contribution in [0, 0.1) is 0 Å². The number of aromatic carboxylic acids is 1. The van der Waals surface area contributed by atoms with Crippen molar-refractivity contribution in [2.24, 2.45) is 0 Å². The summed E-state index contributed by atoms with van der Waals surface area (Å²) in [5.74, 6) is -1.21. The zero-order valence-electron chi connectivity index (χ0n) is 16.7. The molecule has 156 valence electrons. The first-order chi connectivity index (χ1) is 12.8.